The van der Waals surface area contributed by atoms with E-state index in [1.165, 1.54) is 7.11 Å². The van der Waals surface area contributed by atoms with Crippen molar-refractivity contribution in [3.05, 3.63) is 28.8 Å². The van der Waals surface area contributed by atoms with Crippen LogP contribution in [0.1, 0.15) is 5.56 Å². The van der Waals surface area contributed by atoms with Crippen molar-refractivity contribution in [2.45, 2.75) is 0 Å². The molecule has 4 heteroatoms. The topological polar surface area (TPSA) is 30.8 Å². The number of oxime groups is 1. The Balaban J connectivity index is 2.92. The van der Waals surface area contributed by atoms with Crippen LogP contribution in [-0.2, 0) is 4.84 Å². The summed E-state index contributed by atoms with van der Waals surface area (Å²) in [7, 11) is 3.06. The zero-order valence-electron chi connectivity index (χ0n) is 7.45. The van der Waals surface area contributed by atoms with Crippen molar-refractivity contribution in [2.24, 2.45) is 5.16 Å². The molecule has 0 N–H and O–H groups in total. The van der Waals surface area contributed by atoms with E-state index in [-0.39, 0.29) is 0 Å². The predicted molar refractivity (Wildman–Crippen MR) is 52.6 cm³/mol. The van der Waals surface area contributed by atoms with E-state index in [4.69, 9.17) is 16.3 Å². The fourth-order valence-electron chi connectivity index (χ4n) is 0.870. The van der Waals surface area contributed by atoms with Crippen LogP contribution in [0.15, 0.2) is 23.4 Å². The smallest absolute Gasteiger partial charge is 0.138 e. The van der Waals surface area contributed by atoms with Gasteiger partial charge in [-0.15, -0.1) is 0 Å². The van der Waals surface area contributed by atoms with Crippen molar-refractivity contribution in [3.63, 3.8) is 0 Å². The summed E-state index contributed by atoms with van der Waals surface area (Å²) >= 11 is 5.83. The third-order valence-corrected chi connectivity index (χ3v) is 1.79. The molecule has 0 saturated heterocycles. The quantitative estimate of drug-likeness (QED) is 0.553. The minimum absolute atomic E-state index is 0.581. The summed E-state index contributed by atoms with van der Waals surface area (Å²) in [4.78, 5) is 4.55. The van der Waals surface area contributed by atoms with Gasteiger partial charge in [-0.25, -0.2) is 0 Å². The number of ether oxygens (including phenoxy) is 1. The maximum atomic E-state index is 5.83. The summed E-state index contributed by atoms with van der Waals surface area (Å²) in [5, 5.41) is 4.20. The van der Waals surface area contributed by atoms with Gasteiger partial charge in [-0.1, -0.05) is 22.8 Å². The van der Waals surface area contributed by atoms with Crippen LogP contribution in [0.5, 0.6) is 5.75 Å². The third-order valence-electron chi connectivity index (χ3n) is 1.48. The van der Waals surface area contributed by atoms with Gasteiger partial charge in [-0.3, -0.25) is 0 Å². The Morgan fingerprint density at radius 3 is 2.77 bits per heavy atom. The second-order valence-electron chi connectivity index (χ2n) is 2.31. The van der Waals surface area contributed by atoms with Crippen LogP contribution in [0, 0.1) is 0 Å². The highest BCUT2D eigenvalue weighted by Crippen LogP contribution is 2.24. The van der Waals surface area contributed by atoms with E-state index in [0.29, 0.717) is 10.8 Å². The lowest BCUT2D eigenvalue weighted by Crippen LogP contribution is -1.87. The molecule has 0 aliphatic rings. The van der Waals surface area contributed by atoms with Gasteiger partial charge in [0.05, 0.1) is 18.3 Å². The molecule has 0 aliphatic carbocycles. The van der Waals surface area contributed by atoms with Crippen molar-refractivity contribution in [2.75, 3.05) is 14.2 Å². The van der Waals surface area contributed by atoms with Gasteiger partial charge < -0.3 is 9.57 Å². The Kier molecular flexibility index (Phi) is 3.58. The Hall–Kier alpha value is -1.22. The fraction of sp³-hybridized carbons (Fsp3) is 0.222. The van der Waals surface area contributed by atoms with Crippen molar-refractivity contribution in [3.8, 4) is 5.75 Å². The van der Waals surface area contributed by atoms with E-state index in [1.54, 1.807) is 25.5 Å². The lowest BCUT2D eigenvalue weighted by atomic mass is 10.2. The predicted octanol–water partition coefficient (Wildman–Crippen LogP) is 2.33. The summed E-state index contributed by atoms with van der Waals surface area (Å²) in [5.41, 5.74) is 0.878. The summed E-state index contributed by atoms with van der Waals surface area (Å²) in [6.45, 7) is 0. The molecule has 1 aromatic carbocycles. The van der Waals surface area contributed by atoms with Crippen molar-refractivity contribution in [1.82, 2.24) is 0 Å². The maximum Gasteiger partial charge on any atom is 0.138 e. The van der Waals surface area contributed by atoms with Gasteiger partial charge in [-0.2, -0.15) is 0 Å². The van der Waals surface area contributed by atoms with Crippen LogP contribution in [-0.4, -0.2) is 20.4 Å². The molecule has 0 unspecified atom stereocenters. The molecule has 3 nitrogen and oxygen atoms in total. The molecule has 0 heterocycles. The van der Waals surface area contributed by atoms with Crippen LogP contribution >= 0.6 is 11.6 Å². The summed E-state index contributed by atoms with van der Waals surface area (Å²) < 4.78 is 5.03. The molecule has 0 atom stereocenters. The highest BCUT2D eigenvalue weighted by atomic mass is 35.5. The number of nitrogens with zero attached hydrogens (tertiary/aromatic N) is 1. The second kappa shape index (κ2) is 4.72. The van der Waals surface area contributed by atoms with E-state index in [9.17, 15) is 0 Å². The molecule has 0 radical (unpaired) electrons. The first-order valence-electron chi connectivity index (χ1n) is 3.68. The van der Waals surface area contributed by atoms with Crippen LogP contribution in [0.2, 0.25) is 5.02 Å². The van der Waals surface area contributed by atoms with E-state index < -0.39 is 0 Å². The highest BCUT2D eigenvalue weighted by molar-refractivity contribution is 6.32. The molecule has 0 amide bonds. The zero-order valence-corrected chi connectivity index (χ0v) is 8.21. The Bertz CT molecular complexity index is 312. The van der Waals surface area contributed by atoms with E-state index >= 15 is 0 Å². The Morgan fingerprint density at radius 2 is 2.15 bits per heavy atom. The summed E-state index contributed by atoms with van der Waals surface area (Å²) in [5.74, 6) is 0.627. The minimum Gasteiger partial charge on any atom is -0.495 e. The summed E-state index contributed by atoms with van der Waals surface area (Å²) in [6, 6.07) is 5.36. The summed E-state index contributed by atoms with van der Waals surface area (Å²) in [6.07, 6.45) is 1.58. The molecule has 1 rings (SSSR count). The number of hydrogen-bond acceptors (Lipinski definition) is 3. The molecule has 0 aliphatic heterocycles. The van der Waals surface area contributed by atoms with Crippen LogP contribution in [0.25, 0.3) is 0 Å². The van der Waals surface area contributed by atoms with Crippen LogP contribution in [0.4, 0.5) is 0 Å². The van der Waals surface area contributed by atoms with Gasteiger partial charge in [0.1, 0.15) is 12.9 Å². The molecule has 0 spiro atoms. The molecule has 1 aromatic rings. The van der Waals surface area contributed by atoms with Crippen LogP contribution in [0.3, 0.4) is 0 Å². The van der Waals surface area contributed by atoms with Gasteiger partial charge in [0.25, 0.3) is 0 Å². The number of benzene rings is 1. The van der Waals surface area contributed by atoms with Crippen LogP contribution < -0.4 is 4.74 Å². The first-order valence-corrected chi connectivity index (χ1v) is 4.06. The molecule has 0 aromatic heterocycles. The van der Waals surface area contributed by atoms with Crippen molar-refractivity contribution in [1.29, 1.82) is 0 Å². The monoisotopic (exact) mass is 199 g/mol. The van der Waals surface area contributed by atoms with Gasteiger partial charge >= 0.3 is 0 Å². The minimum atomic E-state index is 0.581. The molecule has 0 bridgehead atoms. The van der Waals surface area contributed by atoms with Crippen molar-refractivity contribution >= 4 is 17.8 Å². The fourth-order valence-corrected chi connectivity index (χ4v) is 1.06. The van der Waals surface area contributed by atoms with E-state index in [2.05, 4.69) is 9.99 Å². The molecule has 70 valence electrons. The third kappa shape index (κ3) is 2.63. The lowest BCUT2D eigenvalue weighted by molar-refractivity contribution is 0.215. The molecular formula is C9H10ClNO2. The zero-order chi connectivity index (χ0) is 9.68. The van der Waals surface area contributed by atoms with Gasteiger partial charge in [0.2, 0.25) is 0 Å². The van der Waals surface area contributed by atoms with E-state index in [0.717, 1.165) is 5.56 Å². The lowest BCUT2D eigenvalue weighted by Gasteiger charge is -2.02. The average Bonchev–Trinajstić information content (AvgIpc) is 2.16. The van der Waals surface area contributed by atoms with Gasteiger partial charge in [-0.05, 0) is 17.7 Å². The Labute approximate surface area is 81.9 Å². The van der Waals surface area contributed by atoms with Gasteiger partial charge in [0, 0.05) is 0 Å². The molecule has 0 fully saturated rings. The Morgan fingerprint density at radius 1 is 1.38 bits per heavy atom. The largest absolute Gasteiger partial charge is 0.495 e. The highest BCUT2D eigenvalue weighted by Gasteiger charge is 1.99. The van der Waals surface area contributed by atoms with E-state index in [1.807, 2.05) is 6.07 Å². The maximum absolute atomic E-state index is 5.83. The first kappa shape index (κ1) is 9.86. The average molecular weight is 200 g/mol. The van der Waals surface area contributed by atoms with Gasteiger partial charge in [0.15, 0.2) is 0 Å². The second-order valence-corrected chi connectivity index (χ2v) is 2.72. The SMILES string of the molecule is CON=Cc1ccc(Cl)c(OC)c1. The molecular weight excluding hydrogens is 190 g/mol. The first-order chi connectivity index (χ1) is 6.27. The number of halogens is 1. The number of hydrogen-bond donors (Lipinski definition) is 0. The molecule has 0 saturated carbocycles. The molecule has 13 heavy (non-hydrogen) atoms. The number of rotatable bonds is 3. The standard InChI is InChI=1S/C9H10ClNO2/c1-12-9-5-7(6-11-13-2)3-4-8(9)10/h3-6H,1-2H3. The normalized spacial score (nSPS) is 10.4. The number of methoxy groups -OCH3 is 1. The van der Waals surface area contributed by atoms with Crippen molar-refractivity contribution < 1.29 is 9.57 Å².